The number of carbonyl (C=O) groups excluding carboxylic acids is 1. The zero-order valence-electron chi connectivity index (χ0n) is 5.72. The fraction of sp³-hybridized carbons (Fsp3) is 0.500. The van der Waals surface area contributed by atoms with Crippen LogP contribution in [-0.4, -0.2) is 5.97 Å². The molecule has 0 aromatic rings. The standard InChI is InChI=1S/C6H10O2.Na/c1-2-3-4-5-6(7)8;/h2H,1,3-5H2,(H,7,8);/q;+1/p-1. The molecule has 3 heteroatoms. The first-order valence-electron chi connectivity index (χ1n) is 2.58. The Morgan fingerprint density at radius 1 is 1.67 bits per heavy atom. The molecular formula is C6H9NaO2. The first-order chi connectivity index (χ1) is 3.77. The van der Waals surface area contributed by atoms with E-state index in [2.05, 4.69) is 6.58 Å². The number of rotatable bonds is 4. The second-order valence-electron chi connectivity index (χ2n) is 1.55. The van der Waals surface area contributed by atoms with Gasteiger partial charge in [0, 0.05) is 5.97 Å². The number of carboxylic acids is 1. The van der Waals surface area contributed by atoms with Crippen molar-refractivity contribution >= 4 is 5.97 Å². The summed E-state index contributed by atoms with van der Waals surface area (Å²) in [6.07, 6.45) is 3.24. The van der Waals surface area contributed by atoms with Crippen LogP contribution in [-0.2, 0) is 4.79 Å². The van der Waals surface area contributed by atoms with Crippen LogP contribution in [0.4, 0.5) is 0 Å². The van der Waals surface area contributed by atoms with Crippen LogP contribution in [0.15, 0.2) is 12.7 Å². The Labute approximate surface area is 77.2 Å². The summed E-state index contributed by atoms with van der Waals surface area (Å²) in [5.74, 6) is -0.980. The molecule has 0 atom stereocenters. The smallest absolute Gasteiger partial charge is 0.550 e. The Morgan fingerprint density at radius 2 is 2.22 bits per heavy atom. The van der Waals surface area contributed by atoms with Crippen molar-refractivity contribution in [3.8, 4) is 0 Å². The number of aliphatic carboxylic acids is 1. The second-order valence-corrected chi connectivity index (χ2v) is 1.55. The Morgan fingerprint density at radius 3 is 2.56 bits per heavy atom. The van der Waals surface area contributed by atoms with Crippen LogP contribution in [0.3, 0.4) is 0 Å². The molecule has 0 heterocycles. The number of unbranched alkanes of at least 4 members (excludes halogenated alkanes) is 1. The number of hydrogen-bond donors (Lipinski definition) is 0. The van der Waals surface area contributed by atoms with E-state index < -0.39 is 5.97 Å². The molecule has 2 nitrogen and oxygen atoms in total. The van der Waals surface area contributed by atoms with Gasteiger partial charge in [-0.05, 0) is 19.3 Å². The average molecular weight is 136 g/mol. The molecule has 0 rings (SSSR count). The van der Waals surface area contributed by atoms with E-state index in [0.717, 1.165) is 6.42 Å². The van der Waals surface area contributed by atoms with Crippen LogP contribution < -0.4 is 34.7 Å². The van der Waals surface area contributed by atoms with Gasteiger partial charge in [0.2, 0.25) is 0 Å². The van der Waals surface area contributed by atoms with Gasteiger partial charge in [-0.2, -0.15) is 0 Å². The molecule has 0 aliphatic rings. The van der Waals surface area contributed by atoms with Gasteiger partial charge in [0.1, 0.15) is 0 Å². The van der Waals surface area contributed by atoms with Crippen molar-refractivity contribution in [3.63, 3.8) is 0 Å². The summed E-state index contributed by atoms with van der Waals surface area (Å²) in [7, 11) is 0. The van der Waals surface area contributed by atoms with Crippen LogP contribution >= 0.6 is 0 Å². The molecule has 0 aliphatic carbocycles. The Kier molecular flexibility index (Phi) is 10.9. The van der Waals surface area contributed by atoms with E-state index in [9.17, 15) is 9.90 Å². The molecule has 0 radical (unpaired) electrons. The van der Waals surface area contributed by atoms with Crippen molar-refractivity contribution in [1.29, 1.82) is 0 Å². The van der Waals surface area contributed by atoms with Crippen molar-refractivity contribution < 1.29 is 39.5 Å². The first-order valence-corrected chi connectivity index (χ1v) is 2.58. The molecule has 0 spiro atoms. The van der Waals surface area contributed by atoms with E-state index in [1.807, 2.05) is 0 Å². The van der Waals surface area contributed by atoms with E-state index in [-0.39, 0.29) is 36.0 Å². The van der Waals surface area contributed by atoms with Gasteiger partial charge in [0.05, 0.1) is 0 Å². The SMILES string of the molecule is C=CCCCC(=O)[O-].[Na+]. The van der Waals surface area contributed by atoms with Gasteiger partial charge in [0.25, 0.3) is 0 Å². The van der Waals surface area contributed by atoms with E-state index in [1.165, 1.54) is 0 Å². The fourth-order valence-corrected chi connectivity index (χ4v) is 0.391. The zero-order chi connectivity index (χ0) is 6.41. The number of carboxylic acid groups (broad SMARTS) is 1. The van der Waals surface area contributed by atoms with Crippen molar-refractivity contribution in [1.82, 2.24) is 0 Å². The topological polar surface area (TPSA) is 40.1 Å². The van der Waals surface area contributed by atoms with Gasteiger partial charge in [-0.1, -0.05) is 6.08 Å². The first kappa shape index (κ1) is 11.9. The molecule has 0 aliphatic heterocycles. The summed E-state index contributed by atoms with van der Waals surface area (Å²) >= 11 is 0. The molecule has 0 N–H and O–H groups in total. The third-order valence-electron chi connectivity index (χ3n) is 0.789. The van der Waals surface area contributed by atoms with Crippen LogP contribution in [0.2, 0.25) is 0 Å². The molecule has 0 amide bonds. The number of allylic oxidation sites excluding steroid dienone is 1. The number of carbonyl (C=O) groups is 1. The van der Waals surface area contributed by atoms with Crippen LogP contribution in [0.5, 0.6) is 0 Å². The van der Waals surface area contributed by atoms with Gasteiger partial charge in [0.15, 0.2) is 0 Å². The molecule has 0 bridgehead atoms. The summed E-state index contributed by atoms with van der Waals surface area (Å²) in [6, 6.07) is 0. The quantitative estimate of drug-likeness (QED) is 0.236. The minimum atomic E-state index is -0.980. The summed E-state index contributed by atoms with van der Waals surface area (Å²) in [5.41, 5.74) is 0. The maximum Gasteiger partial charge on any atom is 1.00 e. The van der Waals surface area contributed by atoms with Crippen molar-refractivity contribution in [2.45, 2.75) is 19.3 Å². The van der Waals surface area contributed by atoms with E-state index in [4.69, 9.17) is 0 Å². The normalized spacial score (nSPS) is 7.56. The van der Waals surface area contributed by atoms with Crippen molar-refractivity contribution in [3.05, 3.63) is 12.7 Å². The van der Waals surface area contributed by atoms with E-state index >= 15 is 0 Å². The molecule has 9 heavy (non-hydrogen) atoms. The molecular weight excluding hydrogens is 127 g/mol. The Bertz CT molecular complexity index is 91.1. The Hall–Kier alpha value is 0.210. The summed E-state index contributed by atoms with van der Waals surface area (Å²) < 4.78 is 0. The van der Waals surface area contributed by atoms with E-state index in [0.29, 0.717) is 6.42 Å². The van der Waals surface area contributed by atoms with Crippen molar-refractivity contribution in [2.75, 3.05) is 0 Å². The van der Waals surface area contributed by atoms with Crippen LogP contribution in [0, 0.1) is 0 Å². The third kappa shape index (κ3) is 11.7. The summed E-state index contributed by atoms with van der Waals surface area (Å²) in [6.45, 7) is 3.44. The molecule has 0 saturated carbocycles. The number of hydrogen-bond acceptors (Lipinski definition) is 2. The third-order valence-corrected chi connectivity index (χ3v) is 0.789. The second kappa shape index (κ2) is 8.21. The molecule has 0 aromatic heterocycles. The maximum atomic E-state index is 9.73. The molecule has 0 aromatic carbocycles. The minimum Gasteiger partial charge on any atom is -0.550 e. The molecule has 0 saturated heterocycles. The predicted molar refractivity (Wildman–Crippen MR) is 29.1 cm³/mol. The summed E-state index contributed by atoms with van der Waals surface area (Å²) in [4.78, 5) is 9.73. The van der Waals surface area contributed by atoms with Gasteiger partial charge < -0.3 is 9.90 Å². The largest absolute Gasteiger partial charge is 1.00 e. The van der Waals surface area contributed by atoms with E-state index in [1.54, 1.807) is 6.08 Å². The molecule has 46 valence electrons. The van der Waals surface area contributed by atoms with Crippen LogP contribution in [0.1, 0.15) is 19.3 Å². The maximum absolute atomic E-state index is 9.73. The predicted octanol–water partition coefficient (Wildman–Crippen LogP) is -2.90. The fourth-order valence-electron chi connectivity index (χ4n) is 0.391. The minimum absolute atomic E-state index is 0. The molecule has 0 unspecified atom stereocenters. The Balaban J connectivity index is 0. The molecule has 0 fully saturated rings. The monoisotopic (exact) mass is 136 g/mol. The average Bonchev–Trinajstić information content (AvgIpc) is 1.66. The van der Waals surface area contributed by atoms with Gasteiger partial charge in [-0.3, -0.25) is 0 Å². The summed E-state index contributed by atoms with van der Waals surface area (Å²) in [5, 5.41) is 9.73. The van der Waals surface area contributed by atoms with Gasteiger partial charge in [-0.25, -0.2) is 0 Å². The van der Waals surface area contributed by atoms with Gasteiger partial charge >= 0.3 is 29.6 Å². The van der Waals surface area contributed by atoms with Gasteiger partial charge in [-0.15, -0.1) is 6.58 Å². The van der Waals surface area contributed by atoms with Crippen LogP contribution in [0.25, 0.3) is 0 Å². The van der Waals surface area contributed by atoms with Crippen molar-refractivity contribution in [2.24, 2.45) is 0 Å². The zero-order valence-corrected chi connectivity index (χ0v) is 7.72.